The molecule has 2 fully saturated rings. The lowest BCUT2D eigenvalue weighted by molar-refractivity contribution is -0.143. The third kappa shape index (κ3) is 12.3. The van der Waals surface area contributed by atoms with Gasteiger partial charge in [-0.2, -0.15) is 0 Å². The number of benzene rings is 2. The molecule has 2 aromatic heterocycles. The number of hydrogen-bond acceptors (Lipinski definition) is 11. The number of aromatic amines is 1. The molecule has 0 unspecified atom stereocenters. The van der Waals surface area contributed by atoms with Crippen molar-refractivity contribution in [2.75, 3.05) is 13.1 Å². The van der Waals surface area contributed by atoms with Crippen molar-refractivity contribution in [2.24, 2.45) is 23.1 Å². The van der Waals surface area contributed by atoms with Crippen LogP contribution in [0.5, 0.6) is 0 Å². The second-order valence-electron chi connectivity index (χ2n) is 17.1. The Balaban J connectivity index is 1.37. The van der Waals surface area contributed by atoms with Crippen molar-refractivity contribution in [1.82, 2.24) is 51.5 Å². The third-order valence-corrected chi connectivity index (χ3v) is 12.2. The molecule has 0 spiro atoms. The molecule has 0 radical (unpaired) electrons. The van der Waals surface area contributed by atoms with E-state index in [0.29, 0.717) is 36.9 Å². The number of rotatable bonds is 10. The van der Waals surface area contributed by atoms with Gasteiger partial charge in [-0.1, -0.05) is 74.0 Å². The zero-order valence-corrected chi connectivity index (χ0v) is 37.0. The van der Waals surface area contributed by atoms with E-state index in [1.54, 1.807) is 30.9 Å². The van der Waals surface area contributed by atoms with Crippen LogP contribution in [-0.4, -0.2) is 121 Å². The summed E-state index contributed by atoms with van der Waals surface area (Å²) in [6.45, 7) is 3.59. The minimum atomic E-state index is -1.57. The van der Waals surface area contributed by atoms with Gasteiger partial charge in [-0.05, 0) is 42.4 Å². The highest BCUT2D eigenvalue weighted by molar-refractivity contribution is 5.99. The monoisotopic (exact) mass is 909 g/mol. The predicted octanol–water partition coefficient (Wildman–Crippen LogP) is -0.902. The molecule has 4 aromatic rings. The maximum absolute atomic E-state index is 15.0. The summed E-state index contributed by atoms with van der Waals surface area (Å²) in [5.41, 5.74) is 20.4. The fourth-order valence-electron chi connectivity index (χ4n) is 8.30. The van der Waals surface area contributed by atoms with E-state index < -0.39 is 108 Å². The van der Waals surface area contributed by atoms with Gasteiger partial charge in [0.1, 0.15) is 30.2 Å². The van der Waals surface area contributed by atoms with Gasteiger partial charge in [0.05, 0.1) is 30.6 Å². The number of carbonyl (C=O) groups is 8. The molecule has 2 aliphatic heterocycles. The second-order valence-corrected chi connectivity index (χ2v) is 17.1. The van der Waals surface area contributed by atoms with E-state index >= 15 is 0 Å². The van der Waals surface area contributed by atoms with Gasteiger partial charge in [0.2, 0.25) is 47.3 Å². The topological polar surface area (TPSA) is 325 Å². The molecule has 2 aromatic carbocycles. The van der Waals surface area contributed by atoms with Crippen LogP contribution in [-0.2, 0) is 51.2 Å². The van der Waals surface area contributed by atoms with E-state index in [4.69, 9.17) is 17.2 Å². The number of fused-ring (bicyclic) bond motifs is 2. The van der Waals surface area contributed by atoms with Gasteiger partial charge in [-0.3, -0.25) is 38.4 Å². The Kier molecular flexibility index (Phi) is 16.2. The molecule has 4 heterocycles. The lowest BCUT2D eigenvalue weighted by atomic mass is 9.96. The zero-order valence-electron chi connectivity index (χ0n) is 37.0. The number of aromatic nitrogens is 4. The van der Waals surface area contributed by atoms with Gasteiger partial charge in [0, 0.05) is 55.6 Å². The first-order chi connectivity index (χ1) is 31.6. The quantitative estimate of drug-likeness (QED) is 0.0939. The van der Waals surface area contributed by atoms with Crippen LogP contribution < -0.4 is 43.8 Å². The highest BCUT2D eigenvalue weighted by Gasteiger charge is 2.45. The maximum atomic E-state index is 15.0. The Morgan fingerprint density at radius 1 is 0.864 bits per heavy atom. The first kappa shape index (κ1) is 48.3. The van der Waals surface area contributed by atoms with Crippen molar-refractivity contribution in [3.05, 3.63) is 83.8 Å². The minimum absolute atomic E-state index is 0.0181. The summed E-state index contributed by atoms with van der Waals surface area (Å²) in [5.74, 6) is -6.77. The van der Waals surface area contributed by atoms with Crippen LogP contribution in [0.1, 0.15) is 81.7 Å². The normalized spacial score (nSPS) is 24.9. The van der Waals surface area contributed by atoms with E-state index in [0.717, 1.165) is 16.5 Å². The number of nitrogens with two attached hydrogens (primary N) is 3. The Morgan fingerprint density at radius 2 is 1.58 bits per heavy atom. The van der Waals surface area contributed by atoms with Crippen LogP contribution in [0.4, 0.5) is 0 Å². The second kappa shape index (κ2) is 22.2. The summed E-state index contributed by atoms with van der Waals surface area (Å²) in [6.07, 6.45) is 3.99. The Bertz CT molecular complexity index is 2400. The molecule has 21 nitrogen and oxygen atoms in total. The first-order valence-electron chi connectivity index (χ1n) is 22.2. The molecular formula is C45H59N13O8. The van der Waals surface area contributed by atoms with E-state index in [9.17, 15) is 38.4 Å². The van der Waals surface area contributed by atoms with E-state index in [1.165, 1.54) is 4.90 Å². The first-order valence-corrected chi connectivity index (χ1v) is 22.2. The Morgan fingerprint density at radius 3 is 2.30 bits per heavy atom. The molecule has 6 rings (SSSR count). The summed E-state index contributed by atoms with van der Waals surface area (Å²) in [4.78, 5) is 114. The number of hydrogen-bond donors (Lipinski definition) is 9. The van der Waals surface area contributed by atoms with Gasteiger partial charge in [0.25, 0.3) is 0 Å². The number of primary amides is 2. The third-order valence-electron chi connectivity index (χ3n) is 12.2. The van der Waals surface area contributed by atoms with E-state index in [1.807, 2.05) is 54.6 Å². The van der Waals surface area contributed by atoms with Gasteiger partial charge < -0.3 is 53.7 Å². The smallest absolute Gasteiger partial charge is 0.246 e. The highest BCUT2D eigenvalue weighted by atomic mass is 16.2. The molecule has 0 aliphatic carbocycles. The zero-order chi connectivity index (χ0) is 47.5. The highest BCUT2D eigenvalue weighted by Crippen LogP contribution is 2.30. The molecule has 8 amide bonds. The average molecular weight is 910 g/mol. The SMILES string of the molecule is CC[C@H](C)[C@@H]1NC(=O)[C@H](CC(N)=O)NC(=O)[C@@H](N)CC(=O)NCCCC[C@@H](C(N)=O)NC(=O)[C@H](Cc2c[nH]c3ccccc23)NC(=O)[C@@H]2C[C@H](n3cc(Cc4ccccc4)nn3)CN2C1=O. The van der Waals surface area contributed by atoms with Crippen LogP contribution in [0.25, 0.3) is 10.9 Å². The van der Waals surface area contributed by atoms with Gasteiger partial charge >= 0.3 is 0 Å². The Labute approximate surface area is 381 Å². The predicted molar refractivity (Wildman–Crippen MR) is 240 cm³/mol. The molecule has 2 aliphatic rings. The fourth-order valence-corrected chi connectivity index (χ4v) is 8.30. The molecule has 0 bridgehead atoms. The molecule has 2 saturated heterocycles. The summed E-state index contributed by atoms with van der Waals surface area (Å²) in [6, 6.07) is 8.54. The maximum Gasteiger partial charge on any atom is 0.246 e. The fraction of sp³-hybridized carbons (Fsp3) is 0.467. The summed E-state index contributed by atoms with van der Waals surface area (Å²) >= 11 is 0. The summed E-state index contributed by atoms with van der Waals surface area (Å²) < 4.78 is 1.59. The molecule has 0 saturated carbocycles. The van der Waals surface area contributed by atoms with Crippen molar-refractivity contribution >= 4 is 58.2 Å². The van der Waals surface area contributed by atoms with Crippen molar-refractivity contribution in [3.63, 3.8) is 0 Å². The molecule has 8 atom stereocenters. The van der Waals surface area contributed by atoms with Gasteiger partial charge in [-0.15, -0.1) is 5.10 Å². The van der Waals surface area contributed by atoms with Crippen LogP contribution >= 0.6 is 0 Å². The molecule has 66 heavy (non-hydrogen) atoms. The number of nitrogens with one attached hydrogen (secondary N) is 6. The van der Waals surface area contributed by atoms with Crippen molar-refractivity contribution < 1.29 is 38.4 Å². The molecular weight excluding hydrogens is 851 g/mol. The molecule has 352 valence electrons. The van der Waals surface area contributed by atoms with E-state index in [2.05, 4.69) is 41.9 Å². The molecule has 21 heteroatoms. The lowest BCUT2D eigenvalue weighted by Gasteiger charge is -2.33. The number of nitrogens with zero attached hydrogens (tertiary/aromatic N) is 4. The largest absolute Gasteiger partial charge is 0.370 e. The van der Waals surface area contributed by atoms with Crippen molar-refractivity contribution in [2.45, 2.75) is 114 Å². The van der Waals surface area contributed by atoms with Crippen LogP contribution in [0.15, 0.2) is 67.0 Å². The van der Waals surface area contributed by atoms with Crippen molar-refractivity contribution in [1.29, 1.82) is 0 Å². The lowest BCUT2D eigenvalue weighted by Crippen LogP contribution is -2.60. The summed E-state index contributed by atoms with van der Waals surface area (Å²) in [5, 5.41) is 22.9. The van der Waals surface area contributed by atoms with Crippen molar-refractivity contribution in [3.8, 4) is 0 Å². The summed E-state index contributed by atoms with van der Waals surface area (Å²) in [7, 11) is 0. The number of amides is 8. The number of H-pyrrole nitrogens is 1. The van der Waals surface area contributed by atoms with E-state index in [-0.39, 0.29) is 32.4 Å². The Hall–Kier alpha value is -7.16. The minimum Gasteiger partial charge on any atom is -0.370 e. The number of carbonyl (C=O) groups excluding carboxylic acids is 8. The van der Waals surface area contributed by atoms with Gasteiger partial charge in [0.15, 0.2) is 0 Å². The van der Waals surface area contributed by atoms with Crippen LogP contribution in [0, 0.1) is 5.92 Å². The van der Waals surface area contributed by atoms with Gasteiger partial charge in [-0.25, -0.2) is 4.68 Å². The average Bonchev–Trinajstić information content (AvgIpc) is 4.06. The van der Waals surface area contributed by atoms with Crippen LogP contribution in [0.2, 0.25) is 0 Å². The standard InChI is InChI=1S/C45H59N13O8/c1-3-25(2)39-45(66)57-24-29(58-23-28(55-56-58)17-26-11-5-4-6-12-26)19-36(57)44(65)53-34(18-27-22-50-32-14-8-7-13-30(27)32)42(63)51-33(40(48)61)15-9-10-16-49-38(60)20-31(46)41(62)52-35(21-37(47)59)43(64)54-39/h4-8,11-14,22-23,25,29,31,33-36,39,50H,3,9-10,15-21,24,46H2,1-2H3,(H2,47,59)(H2,48,61)(H,49,60)(H,51,63)(H,52,62)(H,53,65)(H,54,64)/t25-,29-,31-,33-,34-,35-,36-,39-/m0/s1. The molecule has 12 N–H and O–H groups in total. The van der Waals surface area contributed by atoms with Crippen LogP contribution in [0.3, 0.4) is 0 Å². The number of para-hydroxylation sites is 1.